The highest BCUT2D eigenvalue weighted by atomic mass is 16.6. The van der Waals surface area contributed by atoms with E-state index in [1.54, 1.807) is 0 Å². The Morgan fingerprint density at radius 3 is 2.13 bits per heavy atom. The minimum atomic E-state index is -2.80. The molecule has 1 aliphatic rings. The van der Waals surface area contributed by atoms with Crippen molar-refractivity contribution in [1.29, 1.82) is 0 Å². The van der Waals surface area contributed by atoms with Crippen LogP contribution in [0.15, 0.2) is 24.3 Å². The molecule has 5 N–H and O–H groups in total. The zero-order valence-electron chi connectivity index (χ0n) is 16.6. The van der Waals surface area contributed by atoms with E-state index < -0.39 is 59.9 Å². The fourth-order valence-electron chi connectivity index (χ4n) is 3.28. The Labute approximate surface area is 176 Å². The quantitative estimate of drug-likeness (QED) is 0.209. The van der Waals surface area contributed by atoms with E-state index in [2.05, 4.69) is 0 Å². The maximum Gasteiger partial charge on any atom is 0.336 e. The van der Waals surface area contributed by atoms with Crippen LogP contribution in [0.2, 0.25) is 0 Å². The van der Waals surface area contributed by atoms with E-state index in [1.165, 1.54) is 24.3 Å². The first-order valence-corrected chi connectivity index (χ1v) is 9.09. The second-order valence-corrected chi connectivity index (χ2v) is 7.09. The van der Waals surface area contributed by atoms with Gasteiger partial charge in [-0.05, 0) is 23.8 Å². The summed E-state index contributed by atoms with van der Waals surface area (Å²) in [4.78, 5) is 46.6. The SMILES string of the molecule is CC(=O)Oc1ccc(/C=C/C(=O)C2[C@@H](O)C(O)[C@H](O)CC2(O)C(=O)O)cc1OC(C)=O. The molecule has 0 aliphatic heterocycles. The number of ether oxygens (including phenoxy) is 2. The lowest BCUT2D eigenvalue weighted by Crippen LogP contribution is -2.64. The molecule has 168 valence electrons. The third-order valence-corrected chi connectivity index (χ3v) is 4.71. The van der Waals surface area contributed by atoms with Crippen LogP contribution in [0.3, 0.4) is 0 Å². The van der Waals surface area contributed by atoms with Crippen LogP contribution in [-0.4, -0.2) is 73.1 Å². The number of carbonyl (C=O) groups excluding carboxylic acids is 3. The lowest BCUT2D eigenvalue weighted by molar-refractivity contribution is -0.207. The molecule has 1 aromatic rings. The zero-order chi connectivity index (χ0) is 23.5. The van der Waals surface area contributed by atoms with E-state index in [9.17, 15) is 44.7 Å². The van der Waals surface area contributed by atoms with Crippen molar-refractivity contribution in [2.24, 2.45) is 5.92 Å². The Kier molecular flexibility index (Phi) is 7.28. The van der Waals surface area contributed by atoms with Gasteiger partial charge in [0, 0.05) is 20.3 Å². The molecule has 0 spiro atoms. The van der Waals surface area contributed by atoms with Crippen molar-refractivity contribution >= 4 is 29.8 Å². The number of benzene rings is 1. The van der Waals surface area contributed by atoms with Crippen molar-refractivity contribution in [3.05, 3.63) is 29.8 Å². The van der Waals surface area contributed by atoms with Crippen molar-refractivity contribution in [3.8, 4) is 11.5 Å². The van der Waals surface area contributed by atoms with Crippen LogP contribution in [-0.2, 0) is 19.2 Å². The predicted molar refractivity (Wildman–Crippen MR) is 102 cm³/mol. The zero-order valence-corrected chi connectivity index (χ0v) is 16.6. The molecule has 1 saturated carbocycles. The van der Waals surface area contributed by atoms with Gasteiger partial charge in [-0.3, -0.25) is 14.4 Å². The second kappa shape index (κ2) is 9.35. The van der Waals surface area contributed by atoms with Crippen LogP contribution >= 0.6 is 0 Å². The van der Waals surface area contributed by atoms with Crippen molar-refractivity contribution in [1.82, 2.24) is 0 Å². The van der Waals surface area contributed by atoms with Crippen LogP contribution in [0, 0.1) is 5.92 Å². The summed E-state index contributed by atoms with van der Waals surface area (Å²) in [5.74, 6) is -6.34. The monoisotopic (exact) mass is 438 g/mol. The molecule has 0 heterocycles. The summed E-state index contributed by atoms with van der Waals surface area (Å²) >= 11 is 0. The molecule has 1 fully saturated rings. The molecular weight excluding hydrogens is 416 g/mol. The number of hydrogen-bond acceptors (Lipinski definition) is 10. The van der Waals surface area contributed by atoms with Crippen LogP contribution in [0.5, 0.6) is 11.5 Å². The van der Waals surface area contributed by atoms with Crippen LogP contribution in [0.1, 0.15) is 25.8 Å². The van der Waals surface area contributed by atoms with E-state index in [0.717, 1.165) is 19.9 Å². The topological polar surface area (TPSA) is 188 Å². The van der Waals surface area contributed by atoms with Gasteiger partial charge in [-0.2, -0.15) is 0 Å². The normalized spacial score (nSPS) is 28.2. The summed E-state index contributed by atoms with van der Waals surface area (Å²) < 4.78 is 9.89. The van der Waals surface area contributed by atoms with Crippen molar-refractivity contribution < 1.29 is 54.2 Å². The molecule has 0 radical (unpaired) electrons. The number of aliphatic hydroxyl groups is 4. The van der Waals surface area contributed by atoms with E-state index in [0.29, 0.717) is 0 Å². The Hall–Kier alpha value is -3.12. The number of ketones is 1. The molecule has 11 nitrogen and oxygen atoms in total. The summed E-state index contributed by atoms with van der Waals surface area (Å²) in [6.45, 7) is 2.27. The number of aliphatic hydroxyl groups excluding tert-OH is 3. The van der Waals surface area contributed by atoms with Crippen LogP contribution in [0.25, 0.3) is 6.08 Å². The molecule has 1 aliphatic carbocycles. The van der Waals surface area contributed by atoms with Gasteiger partial charge in [0.15, 0.2) is 22.9 Å². The van der Waals surface area contributed by atoms with Gasteiger partial charge in [-0.25, -0.2) is 4.79 Å². The predicted octanol–water partition coefficient (Wildman–Crippen LogP) is -0.962. The smallest absolute Gasteiger partial charge is 0.336 e. The highest BCUT2D eigenvalue weighted by Crippen LogP contribution is 2.36. The van der Waals surface area contributed by atoms with Gasteiger partial charge in [0.05, 0.1) is 18.1 Å². The summed E-state index contributed by atoms with van der Waals surface area (Å²) in [5.41, 5.74) is -2.54. The Balaban J connectivity index is 2.35. The summed E-state index contributed by atoms with van der Waals surface area (Å²) in [6.07, 6.45) is -4.43. The molecule has 0 amide bonds. The van der Waals surface area contributed by atoms with Gasteiger partial charge in [-0.15, -0.1) is 0 Å². The first kappa shape index (κ1) is 24.2. The molecule has 3 unspecified atom stereocenters. The number of carbonyl (C=O) groups is 4. The van der Waals surface area contributed by atoms with Gasteiger partial charge in [0.25, 0.3) is 0 Å². The second-order valence-electron chi connectivity index (χ2n) is 7.09. The number of rotatable bonds is 6. The van der Waals surface area contributed by atoms with Gasteiger partial charge >= 0.3 is 17.9 Å². The van der Waals surface area contributed by atoms with E-state index >= 15 is 0 Å². The minimum absolute atomic E-state index is 0.0498. The van der Waals surface area contributed by atoms with Crippen molar-refractivity contribution in [2.45, 2.75) is 44.2 Å². The third kappa shape index (κ3) is 5.33. The van der Waals surface area contributed by atoms with Gasteiger partial charge < -0.3 is 35.0 Å². The highest BCUT2D eigenvalue weighted by Gasteiger charge is 2.58. The van der Waals surface area contributed by atoms with Gasteiger partial charge in [0.1, 0.15) is 6.10 Å². The molecule has 0 saturated heterocycles. The summed E-state index contributed by atoms with van der Waals surface area (Å²) in [6, 6.07) is 3.96. The minimum Gasteiger partial charge on any atom is -0.479 e. The Morgan fingerprint density at radius 1 is 1.00 bits per heavy atom. The molecular formula is C20H22O11. The average molecular weight is 438 g/mol. The molecule has 0 bridgehead atoms. The highest BCUT2D eigenvalue weighted by molar-refractivity contribution is 6.00. The number of aliphatic carboxylic acids is 1. The number of allylic oxidation sites excluding steroid dienone is 1. The first-order valence-electron chi connectivity index (χ1n) is 9.09. The molecule has 2 rings (SSSR count). The van der Waals surface area contributed by atoms with Gasteiger partial charge in [-0.1, -0.05) is 12.1 Å². The Bertz CT molecular complexity index is 922. The van der Waals surface area contributed by atoms with E-state index in [1.807, 2.05) is 0 Å². The Morgan fingerprint density at radius 2 is 1.58 bits per heavy atom. The van der Waals surface area contributed by atoms with Gasteiger partial charge in [0.2, 0.25) is 0 Å². The number of hydrogen-bond donors (Lipinski definition) is 5. The maximum absolute atomic E-state index is 12.6. The van der Waals surface area contributed by atoms with Crippen LogP contribution in [0.4, 0.5) is 0 Å². The third-order valence-electron chi connectivity index (χ3n) is 4.71. The molecule has 11 heteroatoms. The van der Waals surface area contributed by atoms with Crippen molar-refractivity contribution in [3.63, 3.8) is 0 Å². The first-order chi connectivity index (χ1) is 14.4. The molecule has 5 atom stereocenters. The van der Waals surface area contributed by atoms with Crippen LogP contribution < -0.4 is 9.47 Å². The molecule has 31 heavy (non-hydrogen) atoms. The molecule has 0 aromatic heterocycles. The molecule has 1 aromatic carbocycles. The lowest BCUT2D eigenvalue weighted by Gasteiger charge is -2.43. The standard InChI is InChI=1S/C20H22O11/c1-9(21)30-14-6-4-11(7-15(14)31-10(2)22)3-5-12(23)16-18(26)17(25)13(24)8-20(16,29)19(27)28/h3-7,13,16-18,24-26,29H,8H2,1-2H3,(H,27,28)/b5-3+/t13-,16?,17?,18-,20?/m1/s1. The van der Waals surface area contributed by atoms with Crippen molar-refractivity contribution in [2.75, 3.05) is 0 Å². The maximum atomic E-state index is 12.6. The lowest BCUT2D eigenvalue weighted by atomic mass is 9.69. The fraction of sp³-hybridized carbons (Fsp3) is 0.400. The average Bonchev–Trinajstić information content (AvgIpc) is 2.65. The summed E-state index contributed by atoms with van der Waals surface area (Å²) in [5, 5.41) is 49.4. The van der Waals surface area contributed by atoms with E-state index in [4.69, 9.17) is 9.47 Å². The largest absolute Gasteiger partial charge is 0.479 e. The number of esters is 2. The fourth-order valence-corrected chi connectivity index (χ4v) is 3.28. The number of carboxylic acids is 1. The van der Waals surface area contributed by atoms with E-state index in [-0.39, 0.29) is 17.1 Å². The number of carboxylic acid groups (broad SMARTS) is 1. The summed E-state index contributed by atoms with van der Waals surface area (Å²) in [7, 11) is 0.